The first kappa shape index (κ1) is 20.0. The lowest BCUT2D eigenvalue weighted by atomic mass is 9.94. The van der Waals surface area contributed by atoms with Crippen LogP contribution in [-0.4, -0.2) is 39.8 Å². The molecule has 3 fully saturated rings. The Balaban J connectivity index is 1.37. The number of nitrogens with zero attached hydrogens (tertiary/aromatic N) is 1. The van der Waals surface area contributed by atoms with E-state index in [1.807, 2.05) is 19.1 Å². The lowest BCUT2D eigenvalue weighted by molar-refractivity contribution is 0.375. The molecule has 5 nitrogen and oxygen atoms in total. The molecule has 156 valence electrons. The molecule has 2 N–H and O–H groups in total. The van der Waals surface area contributed by atoms with Crippen LogP contribution in [0.1, 0.15) is 64.1 Å². The van der Waals surface area contributed by atoms with Crippen LogP contribution in [0.2, 0.25) is 0 Å². The zero-order valence-electron chi connectivity index (χ0n) is 17.1. The van der Waals surface area contributed by atoms with Crippen LogP contribution >= 0.6 is 0 Å². The minimum atomic E-state index is -0.693. The number of hydrogen-bond donors (Lipinski definition) is 2. The molecule has 3 aliphatic carbocycles. The summed E-state index contributed by atoms with van der Waals surface area (Å²) in [6.07, 6.45) is 12.4. The zero-order chi connectivity index (χ0) is 19.3. The largest absolute Gasteiger partial charge is 0.469 e. The first-order valence-electron chi connectivity index (χ1n) is 11.2. The molecule has 6 unspecified atom stereocenters. The minimum absolute atomic E-state index is 0.336. The topological polar surface area (TPSA) is 66.6 Å². The highest BCUT2D eigenvalue weighted by molar-refractivity contribution is 7.85. The first-order chi connectivity index (χ1) is 13.7. The molecule has 2 bridgehead atoms. The third-order valence-electron chi connectivity index (χ3n) is 6.89. The van der Waals surface area contributed by atoms with Crippen LogP contribution in [-0.2, 0) is 17.2 Å². The van der Waals surface area contributed by atoms with E-state index in [1.165, 1.54) is 25.7 Å². The highest BCUT2D eigenvalue weighted by Crippen LogP contribution is 2.44. The lowest BCUT2D eigenvalue weighted by Crippen LogP contribution is -2.50. The van der Waals surface area contributed by atoms with Gasteiger partial charge in [-0.05, 0) is 62.5 Å². The average molecular weight is 406 g/mol. The van der Waals surface area contributed by atoms with Crippen molar-refractivity contribution in [3.05, 3.63) is 24.2 Å². The summed E-state index contributed by atoms with van der Waals surface area (Å²) in [5.74, 6) is 4.44. The number of aliphatic imine (C=N–C) groups is 1. The van der Waals surface area contributed by atoms with Crippen molar-refractivity contribution in [1.82, 2.24) is 10.6 Å². The first-order valence-corrected chi connectivity index (χ1v) is 12.6. The van der Waals surface area contributed by atoms with E-state index in [2.05, 4.69) is 10.6 Å². The van der Waals surface area contributed by atoms with Crippen molar-refractivity contribution in [2.45, 2.75) is 82.0 Å². The molecule has 4 rings (SSSR count). The molecule has 0 aromatic carbocycles. The van der Waals surface area contributed by atoms with Crippen LogP contribution in [0.5, 0.6) is 0 Å². The second-order valence-electron chi connectivity index (χ2n) is 8.78. The van der Waals surface area contributed by atoms with Crippen LogP contribution < -0.4 is 10.6 Å². The van der Waals surface area contributed by atoms with Gasteiger partial charge in [-0.15, -0.1) is 0 Å². The quantitative estimate of drug-likeness (QED) is 0.537. The number of guanidine groups is 1. The molecular formula is C22H35N3O2S. The molecule has 0 aliphatic heterocycles. The molecule has 1 aromatic rings. The molecule has 0 amide bonds. The Morgan fingerprint density at radius 1 is 1.21 bits per heavy atom. The van der Waals surface area contributed by atoms with E-state index >= 15 is 0 Å². The number of fused-ring (bicyclic) bond motifs is 2. The van der Waals surface area contributed by atoms with E-state index < -0.39 is 10.8 Å². The van der Waals surface area contributed by atoms with Crippen molar-refractivity contribution in [1.29, 1.82) is 0 Å². The molecule has 0 radical (unpaired) electrons. The van der Waals surface area contributed by atoms with E-state index in [0.29, 0.717) is 17.3 Å². The Morgan fingerprint density at radius 2 is 2.14 bits per heavy atom. The molecule has 0 spiro atoms. The van der Waals surface area contributed by atoms with E-state index in [-0.39, 0.29) is 0 Å². The van der Waals surface area contributed by atoms with Gasteiger partial charge in [0.1, 0.15) is 5.76 Å². The number of hydrogen-bond acceptors (Lipinski definition) is 3. The molecule has 1 aromatic heterocycles. The Hall–Kier alpha value is -1.30. The van der Waals surface area contributed by atoms with Gasteiger partial charge in [-0.1, -0.05) is 19.8 Å². The summed E-state index contributed by atoms with van der Waals surface area (Å²) >= 11 is 0. The lowest BCUT2D eigenvalue weighted by Gasteiger charge is -2.32. The van der Waals surface area contributed by atoms with Gasteiger partial charge in [0.2, 0.25) is 0 Å². The highest BCUT2D eigenvalue weighted by Gasteiger charge is 2.40. The Kier molecular flexibility index (Phi) is 6.76. The fourth-order valence-electron chi connectivity index (χ4n) is 5.41. The monoisotopic (exact) mass is 405 g/mol. The van der Waals surface area contributed by atoms with Crippen LogP contribution in [0, 0.1) is 11.8 Å². The van der Waals surface area contributed by atoms with Gasteiger partial charge in [0.15, 0.2) is 5.96 Å². The van der Waals surface area contributed by atoms with Crippen molar-refractivity contribution in [2.75, 3.05) is 12.3 Å². The van der Waals surface area contributed by atoms with Gasteiger partial charge in [-0.2, -0.15) is 0 Å². The maximum atomic E-state index is 12.3. The van der Waals surface area contributed by atoms with Crippen molar-refractivity contribution in [3.63, 3.8) is 0 Å². The van der Waals surface area contributed by atoms with Crippen molar-refractivity contribution in [2.24, 2.45) is 16.8 Å². The summed E-state index contributed by atoms with van der Waals surface area (Å²) in [5, 5.41) is 7.81. The van der Waals surface area contributed by atoms with Gasteiger partial charge in [0, 0.05) is 46.9 Å². The number of rotatable bonds is 7. The molecule has 3 aliphatic rings. The fourth-order valence-corrected chi connectivity index (χ4v) is 6.75. The predicted octanol–water partition coefficient (Wildman–Crippen LogP) is 3.63. The summed E-state index contributed by atoms with van der Waals surface area (Å²) < 4.78 is 17.7. The zero-order valence-corrected chi connectivity index (χ0v) is 17.9. The van der Waals surface area contributed by atoms with Gasteiger partial charge < -0.3 is 15.1 Å². The summed E-state index contributed by atoms with van der Waals surface area (Å²) in [4.78, 5) is 4.89. The molecule has 28 heavy (non-hydrogen) atoms. The van der Waals surface area contributed by atoms with Crippen LogP contribution in [0.3, 0.4) is 0 Å². The van der Waals surface area contributed by atoms with Gasteiger partial charge in [-0.3, -0.25) is 9.20 Å². The SMILES string of the molecule is CCS(=O)C1CCCC(NC(=NCCc2ccco2)NC2CC3CCC2C3)C1. The van der Waals surface area contributed by atoms with E-state index in [0.717, 1.165) is 68.0 Å². The van der Waals surface area contributed by atoms with Crippen LogP contribution in [0.4, 0.5) is 0 Å². The normalized spacial score (nSPS) is 33.8. The molecule has 0 saturated heterocycles. The summed E-state index contributed by atoms with van der Waals surface area (Å²) in [6.45, 7) is 2.76. The minimum Gasteiger partial charge on any atom is -0.469 e. The summed E-state index contributed by atoms with van der Waals surface area (Å²) in [6, 6.07) is 4.89. The predicted molar refractivity (Wildman–Crippen MR) is 115 cm³/mol. The summed E-state index contributed by atoms with van der Waals surface area (Å²) in [7, 11) is -0.693. The van der Waals surface area contributed by atoms with E-state index in [1.54, 1.807) is 6.26 Å². The van der Waals surface area contributed by atoms with Crippen LogP contribution in [0.25, 0.3) is 0 Å². The summed E-state index contributed by atoms with van der Waals surface area (Å²) in [5.41, 5.74) is 0. The Morgan fingerprint density at radius 3 is 2.86 bits per heavy atom. The molecule has 1 heterocycles. The Labute approximate surface area is 171 Å². The molecule has 3 saturated carbocycles. The smallest absolute Gasteiger partial charge is 0.191 e. The maximum absolute atomic E-state index is 12.3. The van der Waals surface area contributed by atoms with Gasteiger partial charge in [0.25, 0.3) is 0 Å². The van der Waals surface area contributed by atoms with Crippen molar-refractivity contribution < 1.29 is 8.63 Å². The fraction of sp³-hybridized carbons (Fsp3) is 0.773. The highest BCUT2D eigenvalue weighted by atomic mass is 32.2. The Bertz CT molecular complexity index is 675. The number of furan rings is 1. The number of nitrogens with one attached hydrogen (secondary N) is 2. The molecular weight excluding hydrogens is 370 g/mol. The van der Waals surface area contributed by atoms with Crippen LogP contribution in [0.15, 0.2) is 27.8 Å². The third-order valence-corrected chi connectivity index (χ3v) is 8.63. The molecule has 6 atom stereocenters. The van der Waals surface area contributed by atoms with Gasteiger partial charge in [-0.25, -0.2) is 0 Å². The van der Waals surface area contributed by atoms with Gasteiger partial charge >= 0.3 is 0 Å². The van der Waals surface area contributed by atoms with Crippen molar-refractivity contribution >= 4 is 16.8 Å². The average Bonchev–Trinajstić information content (AvgIpc) is 3.46. The molecule has 6 heteroatoms. The maximum Gasteiger partial charge on any atom is 0.191 e. The third kappa shape index (κ3) is 5.00. The van der Waals surface area contributed by atoms with Crippen molar-refractivity contribution in [3.8, 4) is 0 Å². The van der Waals surface area contributed by atoms with Gasteiger partial charge in [0.05, 0.1) is 6.26 Å². The van der Waals surface area contributed by atoms with E-state index in [4.69, 9.17) is 9.41 Å². The second kappa shape index (κ2) is 9.47. The second-order valence-corrected chi connectivity index (χ2v) is 10.8. The van der Waals surface area contributed by atoms with E-state index in [9.17, 15) is 4.21 Å². The standard InChI is InChI=1S/C22H35N3O2S/c1-2-28(26)20-7-3-5-18(15-20)24-22(23-11-10-19-6-4-12-27-19)25-21-14-16-8-9-17(21)13-16/h4,6,12,16-18,20-21H,2-3,5,7-11,13-15H2,1H3,(H2,23,24,25).